The fourth-order valence-corrected chi connectivity index (χ4v) is 2.17. The highest BCUT2D eigenvalue weighted by atomic mass is 16.4. The van der Waals surface area contributed by atoms with Crippen LogP contribution in [0.1, 0.15) is 52.4 Å². The van der Waals surface area contributed by atoms with Gasteiger partial charge in [0.1, 0.15) is 0 Å². The lowest BCUT2D eigenvalue weighted by atomic mass is 9.94. The first kappa shape index (κ1) is 17.9. The van der Waals surface area contributed by atoms with Crippen molar-refractivity contribution < 1.29 is 14.7 Å². The normalized spacial score (nSPS) is 13.8. The maximum Gasteiger partial charge on any atom is 0.303 e. The number of carboxylic acid groups (broad SMARTS) is 1. The van der Waals surface area contributed by atoms with Crippen LogP contribution >= 0.6 is 0 Å². The van der Waals surface area contributed by atoms with E-state index < -0.39 is 5.97 Å². The molecule has 0 radical (unpaired) electrons. The Labute approximate surface area is 115 Å². The van der Waals surface area contributed by atoms with Gasteiger partial charge in [-0.15, -0.1) is 0 Å². The van der Waals surface area contributed by atoms with Crippen LogP contribution in [0.3, 0.4) is 0 Å². The number of rotatable bonds is 11. The third-order valence-corrected chi connectivity index (χ3v) is 3.46. The topological polar surface area (TPSA) is 92.4 Å². The summed E-state index contributed by atoms with van der Waals surface area (Å²) in [5, 5.41) is 11.6. The molecule has 0 spiro atoms. The van der Waals surface area contributed by atoms with E-state index in [-0.39, 0.29) is 18.2 Å². The standard InChI is InChI=1S/C14H28N2O3/c1-3-5-11(6-7-13(17)18)8-9-16-14(19)12(4-2)10-15/h11-12H,3-10,15H2,1-2H3,(H,16,19)(H,17,18). The van der Waals surface area contributed by atoms with Crippen LogP contribution in [-0.2, 0) is 9.59 Å². The summed E-state index contributed by atoms with van der Waals surface area (Å²) in [4.78, 5) is 22.3. The largest absolute Gasteiger partial charge is 0.481 e. The highest BCUT2D eigenvalue weighted by Crippen LogP contribution is 2.17. The number of aliphatic carboxylic acids is 1. The van der Waals surface area contributed by atoms with Gasteiger partial charge in [0.2, 0.25) is 5.91 Å². The molecule has 112 valence electrons. The van der Waals surface area contributed by atoms with Crippen molar-refractivity contribution in [1.29, 1.82) is 0 Å². The van der Waals surface area contributed by atoms with Crippen molar-refractivity contribution in [1.82, 2.24) is 5.32 Å². The smallest absolute Gasteiger partial charge is 0.303 e. The lowest BCUT2D eigenvalue weighted by Crippen LogP contribution is -2.35. The van der Waals surface area contributed by atoms with Crippen molar-refractivity contribution in [3.63, 3.8) is 0 Å². The molecular weight excluding hydrogens is 244 g/mol. The van der Waals surface area contributed by atoms with Gasteiger partial charge in [-0.25, -0.2) is 0 Å². The van der Waals surface area contributed by atoms with Gasteiger partial charge in [-0.3, -0.25) is 9.59 Å². The number of amides is 1. The van der Waals surface area contributed by atoms with E-state index in [9.17, 15) is 9.59 Å². The number of hydrogen-bond donors (Lipinski definition) is 3. The highest BCUT2D eigenvalue weighted by molar-refractivity contribution is 5.78. The minimum absolute atomic E-state index is 0.0125. The first-order chi connectivity index (χ1) is 9.04. The summed E-state index contributed by atoms with van der Waals surface area (Å²) >= 11 is 0. The third kappa shape index (κ3) is 8.59. The molecule has 0 aliphatic heterocycles. The molecule has 0 fully saturated rings. The molecule has 2 unspecified atom stereocenters. The van der Waals surface area contributed by atoms with Gasteiger partial charge in [-0.1, -0.05) is 26.7 Å². The Morgan fingerprint density at radius 2 is 1.89 bits per heavy atom. The molecule has 2 atom stereocenters. The van der Waals surface area contributed by atoms with Gasteiger partial charge in [0.25, 0.3) is 0 Å². The van der Waals surface area contributed by atoms with Crippen molar-refractivity contribution in [2.45, 2.75) is 52.4 Å². The van der Waals surface area contributed by atoms with Gasteiger partial charge in [0, 0.05) is 25.4 Å². The Kier molecular flexibility index (Phi) is 10.2. The number of carbonyl (C=O) groups excluding carboxylic acids is 1. The first-order valence-corrected chi connectivity index (χ1v) is 7.24. The maximum atomic E-state index is 11.7. The quantitative estimate of drug-likeness (QED) is 0.534. The van der Waals surface area contributed by atoms with Crippen LogP contribution < -0.4 is 11.1 Å². The molecule has 0 bridgehead atoms. The molecule has 0 heterocycles. The van der Waals surface area contributed by atoms with Gasteiger partial charge in [0.05, 0.1) is 0 Å². The summed E-state index contributed by atoms with van der Waals surface area (Å²) in [6.45, 7) is 5.02. The lowest BCUT2D eigenvalue weighted by molar-refractivity contribution is -0.137. The van der Waals surface area contributed by atoms with Crippen LogP contribution in [0.4, 0.5) is 0 Å². The Hall–Kier alpha value is -1.10. The molecule has 5 nitrogen and oxygen atoms in total. The van der Waals surface area contributed by atoms with Gasteiger partial charge >= 0.3 is 5.97 Å². The van der Waals surface area contributed by atoms with E-state index in [0.717, 1.165) is 25.7 Å². The molecule has 5 heteroatoms. The monoisotopic (exact) mass is 272 g/mol. The van der Waals surface area contributed by atoms with Gasteiger partial charge in [0.15, 0.2) is 0 Å². The van der Waals surface area contributed by atoms with Crippen molar-refractivity contribution in [2.75, 3.05) is 13.1 Å². The summed E-state index contributed by atoms with van der Waals surface area (Å²) in [7, 11) is 0. The molecule has 0 saturated carbocycles. The van der Waals surface area contributed by atoms with Gasteiger partial charge < -0.3 is 16.2 Å². The molecule has 0 aromatic carbocycles. The van der Waals surface area contributed by atoms with Crippen LogP contribution in [0, 0.1) is 11.8 Å². The molecule has 0 aliphatic carbocycles. The average molecular weight is 272 g/mol. The second kappa shape index (κ2) is 10.8. The average Bonchev–Trinajstić information content (AvgIpc) is 2.37. The van der Waals surface area contributed by atoms with E-state index in [0.29, 0.717) is 25.4 Å². The molecule has 1 amide bonds. The second-order valence-corrected chi connectivity index (χ2v) is 5.01. The fraction of sp³-hybridized carbons (Fsp3) is 0.857. The van der Waals surface area contributed by atoms with Crippen molar-refractivity contribution >= 4 is 11.9 Å². The fourth-order valence-electron chi connectivity index (χ4n) is 2.17. The van der Waals surface area contributed by atoms with E-state index in [1.807, 2.05) is 6.92 Å². The summed E-state index contributed by atoms with van der Waals surface area (Å²) < 4.78 is 0. The molecule has 0 saturated heterocycles. The summed E-state index contributed by atoms with van der Waals surface area (Å²) in [5.41, 5.74) is 5.52. The van der Waals surface area contributed by atoms with E-state index in [4.69, 9.17) is 10.8 Å². The number of nitrogens with one attached hydrogen (secondary N) is 1. The molecular formula is C14H28N2O3. The predicted molar refractivity (Wildman–Crippen MR) is 75.7 cm³/mol. The maximum absolute atomic E-state index is 11.7. The molecule has 0 rings (SSSR count). The van der Waals surface area contributed by atoms with Crippen molar-refractivity contribution in [2.24, 2.45) is 17.6 Å². The van der Waals surface area contributed by atoms with E-state index in [2.05, 4.69) is 12.2 Å². The van der Waals surface area contributed by atoms with E-state index >= 15 is 0 Å². The number of hydrogen-bond acceptors (Lipinski definition) is 3. The molecule has 0 aromatic rings. The van der Waals surface area contributed by atoms with Crippen LogP contribution in [-0.4, -0.2) is 30.1 Å². The zero-order valence-electron chi connectivity index (χ0n) is 12.2. The summed E-state index contributed by atoms with van der Waals surface area (Å²) in [6, 6.07) is 0. The Bertz CT molecular complexity index is 265. The number of nitrogens with two attached hydrogens (primary N) is 1. The summed E-state index contributed by atoms with van der Waals surface area (Å²) in [5.74, 6) is -0.471. The number of carboxylic acids is 1. The predicted octanol–water partition coefficient (Wildman–Crippen LogP) is 1.76. The van der Waals surface area contributed by atoms with Crippen molar-refractivity contribution in [3.05, 3.63) is 0 Å². The van der Waals surface area contributed by atoms with E-state index in [1.165, 1.54) is 0 Å². The van der Waals surface area contributed by atoms with Gasteiger partial charge in [-0.05, 0) is 25.2 Å². The van der Waals surface area contributed by atoms with Gasteiger partial charge in [-0.2, -0.15) is 0 Å². The summed E-state index contributed by atoms with van der Waals surface area (Å²) in [6.07, 6.45) is 4.54. The van der Waals surface area contributed by atoms with Crippen molar-refractivity contribution in [3.8, 4) is 0 Å². The zero-order chi connectivity index (χ0) is 14.7. The minimum Gasteiger partial charge on any atom is -0.481 e. The van der Waals surface area contributed by atoms with Crippen LogP contribution in [0.15, 0.2) is 0 Å². The minimum atomic E-state index is -0.751. The molecule has 0 aliphatic rings. The Morgan fingerprint density at radius 1 is 1.21 bits per heavy atom. The Balaban J connectivity index is 3.97. The zero-order valence-corrected chi connectivity index (χ0v) is 12.2. The third-order valence-electron chi connectivity index (χ3n) is 3.46. The Morgan fingerprint density at radius 3 is 2.37 bits per heavy atom. The highest BCUT2D eigenvalue weighted by Gasteiger charge is 2.15. The van der Waals surface area contributed by atoms with E-state index in [1.54, 1.807) is 0 Å². The van der Waals surface area contributed by atoms with Crippen LogP contribution in [0.5, 0.6) is 0 Å². The molecule has 4 N–H and O–H groups in total. The number of carbonyl (C=O) groups is 2. The first-order valence-electron chi connectivity index (χ1n) is 7.24. The van der Waals surface area contributed by atoms with Crippen LogP contribution in [0.2, 0.25) is 0 Å². The molecule has 0 aromatic heterocycles. The lowest BCUT2D eigenvalue weighted by Gasteiger charge is -2.17. The SMILES string of the molecule is CCCC(CCNC(=O)C(CC)CN)CCC(=O)O. The molecule has 19 heavy (non-hydrogen) atoms. The second-order valence-electron chi connectivity index (χ2n) is 5.01. The van der Waals surface area contributed by atoms with Crippen LogP contribution in [0.25, 0.3) is 0 Å².